The van der Waals surface area contributed by atoms with Crippen LogP contribution >= 0.6 is 0 Å². The van der Waals surface area contributed by atoms with Crippen LogP contribution in [0.25, 0.3) is 0 Å². The number of methoxy groups -OCH3 is 2. The molecule has 1 atom stereocenters. The molecule has 0 saturated heterocycles. The second kappa shape index (κ2) is 5.84. The Balaban J connectivity index is 2.01. The Morgan fingerprint density at radius 3 is 2.62 bits per heavy atom. The van der Waals surface area contributed by atoms with Crippen LogP contribution in [0, 0.1) is 0 Å². The van der Waals surface area contributed by atoms with E-state index in [4.69, 9.17) is 9.47 Å². The maximum Gasteiger partial charge on any atom is 0.164 e. The number of rotatable bonds is 5. The summed E-state index contributed by atoms with van der Waals surface area (Å²) in [5, 5.41) is 3.42. The first-order valence-corrected chi connectivity index (χ1v) is 7.66. The molecule has 1 heterocycles. The first kappa shape index (κ1) is 14.1. The Bertz CT molecular complexity index is 585. The fourth-order valence-corrected chi connectivity index (χ4v) is 2.90. The summed E-state index contributed by atoms with van der Waals surface area (Å²) in [6, 6.07) is 4.58. The fourth-order valence-electron chi connectivity index (χ4n) is 2.90. The lowest BCUT2D eigenvalue weighted by molar-refractivity contribution is 0.351. The van der Waals surface area contributed by atoms with Crippen LogP contribution in [0.3, 0.4) is 0 Å². The molecule has 1 aliphatic heterocycles. The molecule has 3 rings (SSSR count). The van der Waals surface area contributed by atoms with Gasteiger partial charge < -0.3 is 14.8 Å². The molecule has 1 unspecified atom stereocenters. The smallest absolute Gasteiger partial charge is 0.164 e. The molecule has 112 valence electrons. The summed E-state index contributed by atoms with van der Waals surface area (Å²) in [6.07, 6.45) is 10.0. The number of dihydropyridines is 1. The molecule has 1 aromatic carbocycles. The lowest BCUT2D eigenvalue weighted by Crippen LogP contribution is -2.17. The van der Waals surface area contributed by atoms with Gasteiger partial charge in [0.05, 0.1) is 20.3 Å². The second-order valence-corrected chi connectivity index (χ2v) is 5.69. The van der Waals surface area contributed by atoms with E-state index >= 15 is 0 Å². The van der Waals surface area contributed by atoms with Crippen molar-refractivity contribution in [1.29, 1.82) is 0 Å². The summed E-state index contributed by atoms with van der Waals surface area (Å²) >= 11 is 0. The molecule has 1 saturated carbocycles. The lowest BCUT2D eigenvalue weighted by atomic mass is 9.96. The van der Waals surface area contributed by atoms with Crippen LogP contribution in [0.4, 0.5) is 0 Å². The molecule has 0 radical (unpaired) electrons. The minimum atomic E-state index is 0.210. The largest absolute Gasteiger partial charge is 0.493 e. The van der Waals surface area contributed by atoms with E-state index < -0.39 is 0 Å². The van der Waals surface area contributed by atoms with Crippen molar-refractivity contribution in [2.24, 2.45) is 0 Å². The van der Waals surface area contributed by atoms with Gasteiger partial charge in [-0.1, -0.05) is 13.0 Å². The van der Waals surface area contributed by atoms with E-state index in [9.17, 15) is 0 Å². The highest BCUT2D eigenvalue weighted by atomic mass is 16.5. The van der Waals surface area contributed by atoms with Crippen LogP contribution in [0.5, 0.6) is 11.5 Å². The third-order valence-electron chi connectivity index (χ3n) is 4.27. The van der Waals surface area contributed by atoms with E-state index in [2.05, 4.69) is 36.5 Å². The molecule has 3 nitrogen and oxygen atoms in total. The topological polar surface area (TPSA) is 30.5 Å². The maximum atomic E-state index is 5.58. The van der Waals surface area contributed by atoms with Crippen molar-refractivity contribution in [3.8, 4) is 11.5 Å². The summed E-state index contributed by atoms with van der Waals surface area (Å²) in [5.41, 5.74) is 3.89. The summed E-state index contributed by atoms with van der Waals surface area (Å²) < 4.78 is 11.1. The predicted molar refractivity (Wildman–Crippen MR) is 84.9 cm³/mol. The quantitative estimate of drug-likeness (QED) is 0.884. The monoisotopic (exact) mass is 285 g/mol. The van der Waals surface area contributed by atoms with Crippen molar-refractivity contribution in [2.75, 3.05) is 14.2 Å². The summed E-state index contributed by atoms with van der Waals surface area (Å²) in [6.45, 7) is 2.18. The van der Waals surface area contributed by atoms with E-state index in [0.717, 1.165) is 17.9 Å². The average molecular weight is 285 g/mol. The summed E-state index contributed by atoms with van der Waals surface area (Å²) in [7, 11) is 3.43. The molecule has 21 heavy (non-hydrogen) atoms. The highest BCUT2D eigenvalue weighted by molar-refractivity contribution is 5.53. The third-order valence-corrected chi connectivity index (χ3v) is 4.27. The first-order valence-electron chi connectivity index (χ1n) is 7.66. The van der Waals surface area contributed by atoms with Crippen LogP contribution < -0.4 is 14.8 Å². The summed E-state index contributed by atoms with van der Waals surface area (Å²) in [4.78, 5) is 0. The van der Waals surface area contributed by atoms with E-state index in [0.29, 0.717) is 5.92 Å². The van der Waals surface area contributed by atoms with Crippen LogP contribution in [0.15, 0.2) is 36.1 Å². The number of nitrogens with one attached hydrogen (secondary N) is 1. The second-order valence-electron chi connectivity index (χ2n) is 5.69. The Morgan fingerprint density at radius 1 is 1.19 bits per heavy atom. The zero-order valence-corrected chi connectivity index (χ0v) is 13.0. The van der Waals surface area contributed by atoms with Crippen LogP contribution in [0.1, 0.15) is 49.3 Å². The van der Waals surface area contributed by atoms with Gasteiger partial charge in [-0.3, -0.25) is 0 Å². The number of benzene rings is 1. The van der Waals surface area contributed by atoms with Crippen LogP contribution in [0.2, 0.25) is 0 Å². The van der Waals surface area contributed by atoms with Gasteiger partial charge in [0.1, 0.15) is 0 Å². The zero-order valence-electron chi connectivity index (χ0n) is 13.0. The number of hydrogen-bond donors (Lipinski definition) is 1. The Labute approximate surface area is 126 Å². The van der Waals surface area contributed by atoms with E-state index in [-0.39, 0.29) is 6.04 Å². The van der Waals surface area contributed by atoms with Gasteiger partial charge in [-0.05, 0) is 60.7 Å². The Kier molecular flexibility index (Phi) is 3.91. The molecule has 0 spiro atoms. The van der Waals surface area contributed by atoms with Gasteiger partial charge in [-0.25, -0.2) is 0 Å². The number of hydrogen-bond acceptors (Lipinski definition) is 3. The molecule has 1 fully saturated rings. The van der Waals surface area contributed by atoms with Crippen LogP contribution in [-0.4, -0.2) is 14.2 Å². The molecule has 1 aromatic rings. The minimum absolute atomic E-state index is 0.210. The zero-order chi connectivity index (χ0) is 14.8. The predicted octanol–water partition coefficient (Wildman–Crippen LogP) is 4.08. The van der Waals surface area contributed by atoms with E-state index in [1.54, 1.807) is 14.2 Å². The van der Waals surface area contributed by atoms with E-state index in [1.165, 1.54) is 29.5 Å². The van der Waals surface area contributed by atoms with Gasteiger partial charge in [0.2, 0.25) is 0 Å². The van der Waals surface area contributed by atoms with Gasteiger partial charge in [0, 0.05) is 5.56 Å². The van der Waals surface area contributed by atoms with Crippen molar-refractivity contribution >= 4 is 0 Å². The minimum Gasteiger partial charge on any atom is -0.493 e. The van der Waals surface area contributed by atoms with Gasteiger partial charge in [0.25, 0.3) is 0 Å². The van der Waals surface area contributed by atoms with Crippen molar-refractivity contribution in [3.05, 3.63) is 47.2 Å². The van der Waals surface area contributed by atoms with Crippen molar-refractivity contribution in [2.45, 2.75) is 38.1 Å². The van der Waals surface area contributed by atoms with Crippen molar-refractivity contribution in [1.82, 2.24) is 5.32 Å². The lowest BCUT2D eigenvalue weighted by Gasteiger charge is -2.22. The summed E-state index contributed by atoms with van der Waals surface area (Å²) in [5.74, 6) is 2.36. The first-order chi connectivity index (χ1) is 10.3. The average Bonchev–Trinajstić information content (AvgIpc) is 3.38. The number of allylic oxidation sites excluding steroid dienone is 2. The molecule has 0 aromatic heterocycles. The number of ether oxygens (including phenoxy) is 2. The standard InChI is InChI=1S/C18H23NO2/c1-4-12-7-8-19-16(9-12)14-10-15(13-5-6-13)18(21-3)17(11-14)20-2/h7-11,13,16,19H,4-6H2,1-3H3. The highest BCUT2D eigenvalue weighted by Crippen LogP contribution is 2.48. The molecule has 0 amide bonds. The van der Waals surface area contributed by atoms with Gasteiger partial charge in [-0.2, -0.15) is 0 Å². The van der Waals surface area contributed by atoms with Crippen molar-refractivity contribution in [3.63, 3.8) is 0 Å². The van der Waals surface area contributed by atoms with Crippen molar-refractivity contribution < 1.29 is 9.47 Å². The highest BCUT2D eigenvalue weighted by Gasteiger charge is 2.29. The SMILES string of the molecule is CCC1=CC(c2cc(OC)c(OC)c(C3CC3)c2)NC=C1. The molecule has 1 N–H and O–H groups in total. The molecule has 2 aliphatic rings. The Morgan fingerprint density at radius 2 is 2.00 bits per heavy atom. The molecule has 1 aliphatic carbocycles. The molecular weight excluding hydrogens is 262 g/mol. The third kappa shape index (κ3) is 2.78. The van der Waals surface area contributed by atoms with E-state index in [1.807, 2.05) is 6.20 Å². The van der Waals surface area contributed by atoms with Gasteiger partial charge >= 0.3 is 0 Å². The molecular formula is C18H23NO2. The maximum absolute atomic E-state index is 5.58. The van der Waals surface area contributed by atoms with Gasteiger partial charge in [-0.15, -0.1) is 0 Å². The fraction of sp³-hybridized carbons (Fsp3) is 0.444. The Hall–Kier alpha value is -1.90. The van der Waals surface area contributed by atoms with Gasteiger partial charge in [0.15, 0.2) is 11.5 Å². The molecule has 0 bridgehead atoms. The van der Waals surface area contributed by atoms with Crippen LogP contribution in [-0.2, 0) is 0 Å². The molecule has 3 heteroatoms. The normalized spacial score (nSPS) is 20.7.